The smallest absolute Gasteiger partial charge is 0.222 e. The molecule has 112 valence electrons. The minimum absolute atomic E-state index is 0.344. The Hall–Kier alpha value is -0.610. The second-order valence-electron chi connectivity index (χ2n) is 5.67. The van der Waals surface area contributed by atoms with E-state index < -0.39 is 0 Å². The first kappa shape index (κ1) is 16.4. The van der Waals surface area contributed by atoms with Gasteiger partial charge in [-0.15, -0.1) is 0 Å². The van der Waals surface area contributed by atoms with Crippen molar-refractivity contribution in [1.82, 2.24) is 9.80 Å². The predicted molar refractivity (Wildman–Crippen MR) is 80.0 cm³/mol. The van der Waals surface area contributed by atoms with Crippen molar-refractivity contribution in [2.45, 2.75) is 58.4 Å². The lowest BCUT2D eigenvalue weighted by Crippen LogP contribution is -2.52. The molecule has 1 amide bonds. The van der Waals surface area contributed by atoms with Gasteiger partial charge in [-0.3, -0.25) is 9.69 Å². The van der Waals surface area contributed by atoms with Gasteiger partial charge in [0, 0.05) is 45.2 Å². The van der Waals surface area contributed by atoms with Crippen LogP contribution in [0.3, 0.4) is 0 Å². The number of nitrogens with two attached hydrogens (primary N) is 1. The van der Waals surface area contributed by atoms with Crippen molar-refractivity contribution in [3.05, 3.63) is 0 Å². The summed E-state index contributed by atoms with van der Waals surface area (Å²) in [5, 5.41) is 0. The molecule has 4 heteroatoms. The molecule has 1 heterocycles. The quantitative estimate of drug-likeness (QED) is 0.684. The summed E-state index contributed by atoms with van der Waals surface area (Å²) in [5.41, 5.74) is 5.68. The molecule has 0 saturated carbocycles. The van der Waals surface area contributed by atoms with Gasteiger partial charge in [-0.05, 0) is 13.3 Å². The number of rotatable bonds is 8. The van der Waals surface area contributed by atoms with E-state index in [1.165, 1.54) is 25.7 Å². The summed E-state index contributed by atoms with van der Waals surface area (Å²) in [6, 6.07) is 0.436. The SMILES string of the molecule is CCCCCCCC(=O)N1CCN(C(C)CN)CC1. The molecular weight excluding hydrogens is 238 g/mol. The van der Waals surface area contributed by atoms with E-state index in [-0.39, 0.29) is 0 Å². The van der Waals surface area contributed by atoms with Gasteiger partial charge in [0.2, 0.25) is 5.91 Å². The minimum atomic E-state index is 0.344. The van der Waals surface area contributed by atoms with E-state index in [0.717, 1.165) is 39.0 Å². The third-order valence-corrected chi connectivity index (χ3v) is 4.13. The highest BCUT2D eigenvalue weighted by molar-refractivity contribution is 5.76. The molecule has 1 saturated heterocycles. The molecular formula is C15H31N3O. The fourth-order valence-corrected chi connectivity index (χ4v) is 2.60. The van der Waals surface area contributed by atoms with Gasteiger partial charge in [-0.25, -0.2) is 0 Å². The number of piperazine rings is 1. The normalized spacial score (nSPS) is 18.6. The Bertz CT molecular complexity index is 250. The summed E-state index contributed by atoms with van der Waals surface area (Å²) in [6.07, 6.45) is 6.81. The number of hydrogen-bond acceptors (Lipinski definition) is 3. The van der Waals surface area contributed by atoms with Crippen LogP contribution < -0.4 is 5.73 Å². The summed E-state index contributed by atoms with van der Waals surface area (Å²) >= 11 is 0. The van der Waals surface area contributed by atoms with Crippen molar-refractivity contribution in [2.24, 2.45) is 5.73 Å². The maximum atomic E-state index is 12.1. The summed E-state index contributed by atoms with van der Waals surface area (Å²) in [6.45, 7) is 8.76. The van der Waals surface area contributed by atoms with Crippen LogP contribution in [0.15, 0.2) is 0 Å². The molecule has 0 aromatic rings. The molecule has 0 bridgehead atoms. The zero-order chi connectivity index (χ0) is 14.1. The lowest BCUT2D eigenvalue weighted by molar-refractivity contribution is -0.133. The van der Waals surface area contributed by atoms with Gasteiger partial charge in [0.15, 0.2) is 0 Å². The van der Waals surface area contributed by atoms with E-state index in [1.54, 1.807) is 0 Å². The summed E-state index contributed by atoms with van der Waals surface area (Å²) in [4.78, 5) is 16.5. The molecule has 1 rings (SSSR count). The molecule has 2 N–H and O–H groups in total. The summed E-state index contributed by atoms with van der Waals surface area (Å²) < 4.78 is 0. The Kier molecular flexibility index (Phi) is 8.07. The van der Waals surface area contributed by atoms with Crippen LogP contribution in [0.4, 0.5) is 0 Å². The minimum Gasteiger partial charge on any atom is -0.340 e. The van der Waals surface area contributed by atoms with Crippen molar-refractivity contribution >= 4 is 5.91 Å². The highest BCUT2D eigenvalue weighted by atomic mass is 16.2. The standard InChI is InChI=1S/C15H31N3O/c1-3-4-5-6-7-8-15(19)18-11-9-17(10-12-18)14(2)13-16/h14H,3-13,16H2,1-2H3. The third-order valence-electron chi connectivity index (χ3n) is 4.13. The average Bonchev–Trinajstić information content (AvgIpc) is 2.46. The van der Waals surface area contributed by atoms with Crippen molar-refractivity contribution in [3.8, 4) is 0 Å². The Morgan fingerprint density at radius 3 is 2.32 bits per heavy atom. The Morgan fingerprint density at radius 1 is 1.11 bits per heavy atom. The summed E-state index contributed by atoms with van der Waals surface area (Å²) in [7, 11) is 0. The zero-order valence-electron chi connectivity index (χ0n) is 12.7. The number of nitrogens with zero attached hydrogens (tertiary/aromatic N) is 2. The van der Waals surface area contributed by atoms with Crippen molar-refractivity contribution in [2.75, 3.05) is 32.7 Å². The van der Waals surface area contributed by atoms with Gasteiger partial charge in [0.25, 0.3) is 0 Å². The lowest BCUT2D eigenvalue weighted by atomic mass is 10.1. The van der Waals surface area contributed by atoms with Crippen LogP contribution in [0.5, 0.6) is 0 Å². The summed E-state index contributed by atoms with van der Waals surface area (Å²) in [5.74, 6) is 0.344. The van der Waals surface area contributed by atoms with E-state index in [9.17, 15) is 4.79 Å². The third kappa shape index (κ3) is 5.91. The molecule has 1 aliphatic rings. The van der Waals surface area contributed by atoms with Crippen LogP contribution >= 0.6 is 0 Å². The maximum Gasteiger partial charge on any atom is 0.222 e. The molecule has 0 spiro atoms. The highest BCUT2D eigenvalue weighted by Crippen LogP contribution is 2.10. The fourth-order valence-electron chi connectivity index (χ4n) is 2.60. The van der Waals surface area contributed by atoms with Crippen LogP contribution in [0.1, 0.15) is 52.4 Å². The zero-order valence-corrected chi connectivity index (χ0v) is 12.7. The van der Waals surface area contributed by atoms with Crippen LogP contribution in [0.2, 0.25) is 0 Å². The Balaban J connectivity index is 2.14. The largest absolute Gasteiger partial charge is 0.340 e. The molecule has 4 nitrogen and oxygen atoms in total. The second kappa shape index (κ2) is 9.32. The molecule has 0 aromatic carbocycles. The molecule has 1 fully saturated rings. The van der Waals surface area contributed by atoms with Gasteiger partial charge in [0.05, 0.1) is 0 Å². The van der Waals surface area contributed by atoms with E-state index in [4.69, 9.17) is 5.73 Å². The highest BCUT2D eigenvalue weighted by Gasteiger charge is 2.22. The van der Waals surface area contributed by atoms with Gasteiger partial charge < -0.3 is 10.6 Å². The van der Waals surface area contributed by atoms with Crippen LogP contribution in [-0.2, 0) is 4.79 Å². The Morgan fingerprint density at radius 2 is 1.74 bits per heavy atom. The van der Waals surface area contributed by atoms with Crippen molar-refractivity contribution in [1.29, 1.82) is 0 Å². The first-order valence-electron chi connectivity index (χ1n) is 7.91. The van der Waals surface area contributed by atoms with Gasteiger partial charge in [-0.1, -0.05) is 32.6 Å². The number of unbranched alkanes of at least 4 members (excludes halogenated alkanes) is 4. The van der Waals surface area contributed by atoms with Crippen molar-refractivity contribution in [3.63, 3.8) is 0 Å². The first-order chi connectivity index (χ1) is 9.19. The molecule has 1 aliphatic heterocycles. The molecule has 19 heavy (non-hydrogen) atoms. The van der Waals surface area contributed by atoms with Crippen LogP contribution in [-0.4, -0.2) is 54.5 Å². The Labute approximate surface area is 118 Å². The number of carbonyl (C=O) groups excluding carboxylic acids is 1. The van der Waals surface area contributed by atoms with Gasteiger partial charge in [0.1, 0.15) is 0 Å². The fraction of sp³-hybridized carbons (Fsp3) is 0.933. The molecule has 1 atom stereocenters. The van der Waals surface area contributed by atoms with Gasteiger partial charge >= 0.3 is 0 Å². The monoisotopic (exact) mass is 269 g/mol. The van der Waals surface area contributed by atoms with E-state index >= 15 is 0 Å². The number of carbonyl (C=O) groups is 1. The van der Waals surface area contributed by atoms with E-state index in [2.05, 4.69) is 18.7 Å². The van der Waals surface area contributed by atoms with Crippen LogP contribution in [0, 0.1) is 0 Å². The predicted octanol–water partition coefficient (Wildman–Crippen LogP) is 1.84. The second-order valence-corrected chi connectivity index (χ2v) is 5.67. The number of hydrogen-bond donors (Lipinski definition) is 1. The molecule has 0 aliphatic carbocycles. The van der Waals surface area contributed by atoms with Gasteiger partial charge in [-0.2, -0.15) is 0 Å². The van der Waals surface area contributed by atoms with E-state index in [0.29, 0.717) is 18.5 Å². The van der Waals surface area contributed by atoms with E-state index in [1.807, 2.05) is 4.90 Å². The lowest BCUT2D eigenvalue weighted by Gasteiger charge is -2.37. The number of amides is 1. The molecule has 0 radical (unpaired) electrons. The first-order valence-corrected chi connectivity index (χ1v) is 7.91. The van der Waals surface area contributed by atoms with Crippen molar-refractivity contribution < 1.29 is 4.79 Å². The van der Waals surface area contributed by atoms with Crippen LogP contribution in [0.25, 0.3) is 0 Å². The molecule has 0 aromatic heterocycles. The topological polar surface area (TPSA) is 49.6 Å². The molecule has 1 unspecified atom stereocenters. The maximum absolute atomic E-state index is 12.1. The average molecular weight is 269 g/mol.